The van der Waals surface area contributed by atoms with E-state index < -0.39 is 0 Å². The van der Waals surface area contributed by atoms with E-state index in [-0.39, 0.29) is 6.04 Å². The summed E-state index contributed by atoms with van der Waals surface area (Å²) in [6.45, 7) is 7.02. The number of hydrogen-bond acceptors (Lipinski definition) is 4. The third-order valence-corrected chi connectivity index (χ3v) is 2.89. The molecule has 96 valence electrons. The highest BCUT2D eigenvalue weighted by Crippen LogP contribution is 2.11. The van der Waals surface area contributed by atoms with E-state index >= 15 is 0 Å². The van der Waals surface area contributed by atoms with Gasteiger partial charge in [0.25, 0.3) is 0 Å². The van der Waals surface area contributed by atoms with Gasteiger partial charge in [-0.1, -0.05) is 6.07 Å². The summed E-state index contributed by atoms with van der Waals surface area (Å²) in [5, 5.41) is 7.65. The summed E-state index contributed by atoms with van der Waals surface area (Å²) in [7, 11) is 0. The number of pyridine rings is 1. The average molecular weight is 245 g/mol. The predicted octanol–water partition coefficient (Wildman–Crippen LogP) is 2.10. The molecule has 0 aromatic carbocycles. The van der Waals surface area contributed by atoms with E-state index in [1.54, 1.807) is 12.5 Å². The molecule has 0 radical (unpaired) electrons. The van der Waals surface area contributed by atoms with Crippen LogP contribution < -0.4 is 5.32 Å². The van der Waals surface area contributed by atoms with E-state index in [4.69, 9.17) is 0 Å². The van der Waals surface area contributed by atoms with Crippen LogP contribution in [0.1, 0.15) is 44.2 Å². The molecule has 0 spiro atoms. The van der Waals surface area contributed by atoms with Crippen molar-refractivity contribution in [3.05, 3.63) is 42.2 Å². The standard InChI is InChI=1S/C13H19N5/c1-10(2)18-13(16-9-17-18)8-15-11(3)12-5-4-6-14-7-12/h4-7,9-11,15H,8H2,1-3H3/t11-/m1/s1. The van der Waals surface area contributed by atoms with Crippen molar-refractivity contribution >= 4 is 0 Å². The van der Waals surface area contributed by atoms with Crippen LogP contribution in [-0.4, -0.2) is 19.7 Å². The summed E-state index contributed by atoms with van der Waals surface area (Å²) in [5.41, 5.74) is 1.17. The normalized spacial score (nSPS) is 12.9. The number of rotatable bonds is 5. The van der Waals surface area contributed by atoms with Crippen molar-refractivity contribution in [2.24, 2.45) is 0 Å². The smallest absolute Gasteiger partial charge is 0.141 e. The molecular weight excluding hydrogens is 226 g/mol. The van der Waals surface area contributed by atoms with Crippen molar-refractivity contribution in [2.45, 2.75) is 39.4 Å². The average Bonchev–Trinajstić information content (AvgIpc) is 2.85. The van der Waals surface area contributed by atoms with Gasteiger partial charge in [-0.05, 0) is 32.4 Å². The van der Waals surface area contributed by atoms with Gasteiger partial charge in [-0.15, -0.1) is 0 Å². The molecule has 0 saturated heterocycles. The zero-order valence-electron chi connectivity index (χ0n) is 11.0. The Morgan fingerprint density at radius 2 is 2.17 bits per heavy atom. The van der Waals surface area contributed by atoms with Gasteiger partial charge < -0.3 is 5.32 Å². The van der Waals surface area contributed by atoms with E-state index in [2.05, 4.69) is 47.2 Å². The van der Waals surface area contributed by atoms with Crippen LogP contribution >= 0.6 is 0 Å². The van der Waals surface area contributed by atoms with Gasteiger partial charge in [0, 0.05) is 24.5 Å². The van der Waals surface area contributed by atoms with Crippen LogP contribution in [0.25, 0.3) is 0 Å². The maximum atomic E-state index is 4.28. The molecule has 5 heteroatoms. The Morgan fingerprint density at radius 3 is 2.83 bits per heavy atom. The van der Waals surface area contributed by atoms with Gasteiger partial charge in [0.05, 0.1) is 6.54 Å². The number of hydrogen-bond donors (Lipinski definition) is 1. The van der Waals surface area contributed by atoms with Gasteiger partial charge in [-0.3, -0.25) is 4.98 Å². The molecule has 18 heavy (non-hydrogen) atoms. The Morgan fingerprint density at radius 1 is 1.33 bits per heavy atom. The van der Waals surface area contributed by atoms with Crippen LogP contribution in [0.15, 0.2) is 30.9 Å². The lowest BCUT2D eigenvalue weighted by molar-refractivity contribution is 0.473. The van der Waals surface area contributed by atoms with Crippen molar-refractivity contribution in [1.82, 2.24) is 25.1 Å². The predicted molar refractivity (Wildman–Crippen MR) is 69.9 cm³/mol. The zero-order chi connectivity index (χ0) is 13.0. The molecule has 0 unspecified atom stereocenters. The number of aromatic nitrogens is 4. The van der Waals surface area contributed by atoms with Crippen LogP contribution in [0, 0.1) is 0 Å². The summed E-state index contributed by atoms with van der Waals surface area (Å²) >= 11 is 0. The number of nitrogens with zero attached hydrogens (tertiary/aromatic N) is 4. The lowest BCUT2D eigenvalue weighted by Gasteiger charge is -2.15. The highest BCUT2D eigenvalue weighted by molar-refractivity contribution is 5.12. The fourth-order valence-corrected chi connectivity index (χ4v) is 1.83. The quantitative estimate of drug-likeness (QED) is 0.876. The van der Waals surface area contributed by atoms with E-state index in [1.165, 1.54) is 5.56 Å². The lowest BCUT2D eigenvalue weighted by Crippen LogP contribution is -2.21. The van der Waals surface area contributed by atoms with Gasteiger partial charge in [-0.25, -0.2) is 9.67 Å². The minimum Gasteiger partial charge on any atom is -0.303 e. The molecule has 2 aromatic rings. The number of nitrogens with one attached hydrogen (secondary N) is 1. The zero-order valence-corrected chi connectivity index (χ0v) is 11.0. The minimum absolute atomic E-state index is 0.246. The Hall–Kier alpha value is -1.75. The molecule has 0 aliphatic rings. The second kappa shape index (κ2) is 5.73. The van der Waals surface area contributed by atoms with Crippen molar-refractivity contribution in [3.8, 4) is 0 Å². The van der Waals surface area contributed by atoms with Crippen LogP contribution in [0.3, 0.4) is 0 Å². The largest absolute Gasteiger partial charge is 0.303 e. The Balaban J connectivity index is 1.97. The fraction of sp³-hybridized carbons (Fsp3) is 0.462. The maximum Gasteiger partial charge on any atom is 0.141 e. The lowest BCUT2D eigenvalue weighted by atomic mass is 10.1. The van der Waals surface area contributed by atoms with Crippen molar-refractivity contribution < 1.29 is 0 Å². The fourth-order valence-electron chi connectivity index (χ4n) is 1.83. The molecule has 1 atom stereocenters. The Kier molecular flexibility index (Phi) is 4.04. The van der Waals surface area contributed by atoms with Gasteiger partial charge in [0.2, 0.25) is 0 Å². The van der Waals surface area contributed by atoms with Gasteiger partial charge in [0.1, 0.15) is 12.2 Å². The summed E-state index contributed by atoms with van der Waals surface area (Å²) in [5.74, 6) is 0.959. The van der Waals surface area contributed by atoms with Crippen LogP contribution in [-0.2, 0) is 6.54 Å². The van der Waals surface area contributed by atoms with Crippen molar-refractivity contribution in [1.29, 1.82) is 0 Å². The monoisotopic (exact) mass is 245 g/mol. The summed E-state index contributed by atoms with van der Waals surface area (Å²) in [6, 6.07) is 4.59. The van der Waals surface area contributed by atoms with E-state index in [0.29, 0.717) is 12.6 Å². The van der Waals surface area contributed by atoms with E-state index in [1.807, 2.05) is 16.9 Å². The van der Waals surface area contributed by atoms with E-state index in [0.717, 1.165) is 5.82 Å². The first-order chi connectivity index (χ1) is 8.68. The molecule has 0 aliphatic carbocycles. The third-order valence-electron chi connectivity index (χ3n) is 2.89. The first kappa shape index (κ1) is 12.7. The summed E-state index contributed by atoms with van der Waals surface area (Å²) < 4.78 is 1.93. The molecule has 0 fully saturated rings. The Labute approximate surface area is 107 Å². The van der Waals surface area contributed by atoms with Crippen molar-refractivity contribution in [3.63, 3.8) is 0 Å². The molecule has 0 saturated carbocycles. The molecule has 0 amide bonds. The second-order valence-electron chi connectivity index (χ2n) is 4.60. The van der Waals surface area contributed by atoms with Gasteiger partial charge in [0.15, 0.2) is 0 Å². The highest BCUT2D eigenvalue weighted by atomic mass is 15.4. The first-order valence-corrected chi connectivity index (χ1v) is 6.20. The molecular formula is C13H19N5. The van der Waals surface area contributed by atoms with Crippen LogP contribution in [0.5, 0.6) is 0 Å². The molecule has 0 bridgehead atoms. The second-order valence-corrected chi connectivity index (χ2v) is 4.60. The molecule has 2 rings (SSSR count). The van der Waals surface area contributed by atoms with Crippen LogP contribution in [0.2, 0.25) is 0 Å². The molecule has 0 aliphatic heterocycles. The van der Waals surface area contributed by atoms with E-state index in [9.17, 15) is 0 Å². The summed E-state index contributed by atoms with van der Waals surface area (Å²) in [6.07, 6.45) is 5.27. The molecule has 2 heterocycles. The van der Waals surface area contributed by atoms with Crippen molar-refractivity contribution in [2.75, 3.05) is 0 Å². The topological polar surface area (TPSA) is 55.6 Å². The SMILES string of the molecule is CC(C)n1ncnc1CN[C@H](C)c1cccnc1. The minimum atomic E-state index is 0.246. The molecule has 1 N–H and O–H groups in total. The van der Waals surface area contributed by atoms with Crippen LogP contribution in [0.4, 0.5) is 0 Å². The van der Waals surface area contributed by atoms with Gasteiger partial charge >= 0.3 is 0 Å². The Bertz CT molecular complexity index is 477. The van der Waals surface area contributed by atoms with Gasteiger partial charge in [-0.2, -0.15) is 5.10 Å². The maximum absolute atomic E-state index is 4.28. The first-order valence-electron chi connectivity index (χ1n) is 6.20. The highest BCUT2D eigenvalue weighted by Gasteiger charge is 2.10. The molecule has 5 nitrogen and oxygen atoms in total. The molecule has 2 aromatic heterocycles. The summed E-state index contributed by atoms with van der Waals surface area (Å²) in [4.78, 5) is 8.40. The third kappa shape index (κ3) is 2.92.